The summed E-state index contributed by atoms with van der Waals surface area (Å²) >= 11 is 0. The molecule has 0 aliphatic carbocycles. The molecule has 8 nitrogen and oxygen atoms in total. The quantitative estimate of drug-likeness (QED) is 0.382. The molecular weight excluding hydrogens is 321 g/mol. The highest BCUT2D eigenvalue weighted by Gasteiger charge is 2.17. The Kier molecular flexibility index (Phi) is 5.70. The van der Waals surface area contributed by atoms with Crippen molar-refractivity contribution < 1.29 is 24.0 Å². The summed E-state index contributed by atoms with van der Waals surface area (Å²) in [5.74, 6) is -0.0424. The van der Waals surface area contributed by atoms with Crippen LogP contribution in [0.5, 0.6) is 5.75 Å². The topological polar surface area (TPSA) is 124 Å². The lowest BCUT2D eigenvalue weighted by Crippen LogP contribution is -2.22. The van der Waals surface area contributed by atoms with Gasteiger partial charge in [-0.15, -0.1) is 0 Å². The maximum absolute atomic E-state index is 10.8. The van der Waals surface area contributed by atoms with Crippen molar-refractivity contribution in [3.8, 4) is 5.75 Å². The molecule has 5 N–H and O–H groups in total. The minimum absolute atomic E-state index is 0.0424. The fourth-order valence-corrected chi connectivity index (χ4v) is 2.22. The fraction of sp³-hybridized carbons (Fsp3) is 0.214. The van der Waals surface area contributed by atoms with Crippen LogP contribution in [0.3, 0.4) is 0 Å². The zero-order chi connectivity index (χ0) is 16.9. The molecule has 23 heavy (non-hydrogen) atoms. The van der Waals surface area contributed by atoms with Crippen LogP contribution in [0.4, 0.5) is 5.69 Å². The maximum Gasteiger partial charge on any atom is 0.469 e. The lowest BCUT2D eigenvalue weighted by atomic mass is 10.1. The van der Waals surface area contributed by atoms with Crippen molar-refractivity contribution >= 4 is 13.5 Å². The molecule has 0 unspecified atom stereocenters. The molecule has 0 aliphatic rings. The molecule has 0 fully saturated rings. The van der Waals surface area contributed by atoms with Gasteiger partial charge in [-0.1, -0.05) is 18.2 Å². The number of phosphoric acid groups is 1. The summed E-state index contributed by atoms with van der Waals surface area (Å²) in [4.78, 5) is 21.6. The van der Waals surface area contributed by atoms with Crippen LogP contribution in [-0.4, -0.2) is 19.9 Å². The number of hydrogen-bond acceptors (Lipinski definition) is 6. The number of nitrogens with one attached hydrogen (secondary N) is 2. The highest BCUT2D eigenvalue weighted by atomic mass is 31.2. The van der Waals surface area contributed by atoms with Gasteiger partial charge in [0.2, 0.25) is 0 Å². The van der Waals surface area contributed by atoms with Crippen molar-refractivity contribution in [3.63, 3.8) is 0 Å². The molecule has 0 saturated heterocycles. The lowest BCUT2D eigenvalue weighted by Gasteiger charge is -2.15. The summed E-state index contributed by atoms with van der Waals surface area (Å²) < 4.78 is 15.3. The van der Waals surface area contributed by atoms with Gasteiger partial charge in [0, 0.05) is 29.6 Å². The van der Waals surface area contributed by atoms with Crippen molar-refractivity contribution in [1.82, 2.24) is 10.4 Å². The molecule has 1 heterocycles. The second-order valence-corrected chi connectivity index (χ2v) is 6.04. The Hall–Kier alpha value is -1.96. The molecule has 2 aromatic rings. The molecule has 9 heteroatoms. The van der Waals surface area contributed by atoms with E-state index in [0.29, 0.717) is 16.8 Å². The summed E-state index contributed by atoms with van der Waals surface area (Å²) in [5.41, 5.74) is 8.00. The number of aromatic hydroxyl groups is 1. The summed E-state index contributed by atoms with van der Waals surface area (Å²) in [6.45, 7) is 1.49. The Labute approximate surface area is 133 Å². The third kappa shape index (κ3) is 5.31. The molecule has 0 spiro atoms. The first-order valence-electron chi connectivity index (χ1n) is 6.77. The van der Waals surface area contributed by atoms with Gasteiger partial charge in [0.05, 0.1) is 12.3 Å². The molecule has 2 rings (SSSR count). The van der Waals surface area contributed by atoms with Gasteiger partial charge in [0.1, 0.15) is 5.75 Å². The second kappa shape index (κ2) is 7.54. The predicted octanol–water partition coefficient (Wildman–Crippen LogP) is 1.82. The summed E-state index contributed by atoms with van der Waals surface area (Å²) in [6, 6.07) is 9.36. The number of pyridine rings is 1. The van der Waals surface area contributed by atoms with Crippen LogP contribution in [0.2, 0.25) is 0 Å². The smallest absolute Gasteiger partial charge is 0.469 e. The van der Waals surface area contributed by atoms with Crippen molar-refractivity contribution in [3.05, 3.63) is 53.3 Å². The fourth-order valence-electron chi connectivity index (χ4n) is 1.92. The predicted molar refractivity (Wildman–Crippen MR) is 84.4 cm³/mol. The molecular formula is C14H18N3O5P. The number of nitrogens with zero attached hydrogens (tertiary/aromatic N) is 1. The van der Waals surface area contributed by atoms with Gasteiger partial charge in [-0.25, -0.2) is 9.99 Å². The third-order valence-electron chi connectivity index (χ3n) is 3.09. The molecule has 0 radical (unpaired) electrons. The number of aromatic nitrogens is 1. The Morgan fingerprint density at radius 2 is 1.96 bits per heavy atom. The first-order chi connectivity index (χ1) is 10.9. The maximum atomic E-state index is 10.8. The Morgan fingerprint density at radius 1 is 1.26 bits per heavy atom. The van der Waals surface area contributed by atoms with Gasteiger partial charge in [0.25, 0.3) is 0 Å². The molecule has 0 bridgehead atoms. The second-order valence-electron chi connectivity index (χ2n) is 4.80. The van der Waals surface area contributed by atoms with E-state index in [1.807, 2.05) is 30.3 Å². The molecule has 0 saturated carbocycles. The largest absolute Gasteiger partial charge is 0.506 e. The summed E-state index contributed by atoms with van der Waals surface area (Å²) in [5, 5.41) is 10.1. The minimum Gasteiger partial charge on any atom is -0.506 e. The van der Waals surface area contributed by atoms with E-state index < -0.39 is 7.82 Å². The monoisotopic (exact) mass is 339 g/mol. The number of phosphoric ester groups is 1. The van der Waals surface area contributed by atoms with E-state index in [-0.39, 0.29) is 18.9 Å². The number of hydrogen-bond donors (Lipinski definition) is 5. The number of benzene rings is 1. The van der Waals surface area contributed by atoms with Gasteiger partial charge < -0.3 is 20.3 Å². The van der Waals surface area contributed by atoms with Crippen LogP contribution in [0, 0.1) is 6.92 Å². The van der Waals surface area contributed by atoms with Gasteiger partial charge in [-0.3, -0.25) is 9.51 Å². The number of aryl methyl sites for hydroxylation is 1. The van der Waals surface area contributed by atoms with E-state index in [1.165, 1.54) is 6.20 Å². The Balaban J connectivity index is 2.09. The third-order valence-corrected chi connectivity index (χ3v) is 3.56. The normalized spacial score (nSPS) is 11.4. The Bertz CT molecular complexity index is 705. The van der Waals surface area contributed by atoms with E-state index in [4.69, 9.17) is 9.79 Å². The van der Waals surface area contributed by atoms with E-state index in [1.54, 1.807) is 6.92 Å². The number of para-hydroxylation sites is 1. The molecule has 1 aromatic heterocycles. The van der Waals surface area contributed by atoms with Crippen molar-refractivity contribution in [2.24, 2.45) is 0 Å². The molecule has 1 aromatic carbocycles. The van der Waals surface area contributed by atoms with Crippen LogP contribution in [0.15, 0.2) is 36.5 Å². The Morgan fingerprint density at radius 3 is 2.61 bits per heavy atom. The SMILES string of the molecule is Cc1ncc(COP(=O)(O)O)c(CNNc2ccccc2)c1O. The standard InChI is InChI=1S/C14H18N3O5P/c1-10-14(18)13(8-16-17-12-5-3-2-4-6-12)11(7-15-10)9-22-23(19,20)21/h2-7,16-18H,8-9H2,1H3,(H2,19,20,21). The molecule has 124 valence electrons. The van der Waals surface area contributed by atoms with Gasteiger partial charge in [0.15, 0.2) is 0 Å². The van der Waals surface area contributed by atoms with E-state index in [0.717, 1.165) is 5.69 Å². The van der Waals surface area contributed by atoms with E-state index in [9.17, 15) is 9.67 Å². The van der Waals surface area contributed by atoms with E-state index >= 15 is 0 Å². The zero-order valence-corrected chi connectivity index (χ0v) is 13.3. The zero-order valence-electron chi connectivity index (χ0n) is 12.4. The summed E-state index contributed by atoms with van der Waals surface area (Å²) in [7, 11) is -4.60. The average molecular weight is 339 g/mol. The van der Waals surface area contributed by atoms with Gasteiger partial charge in [-0.2, -0.15) is 0 Å². The highest BCUT2D eigenvalue weighted by Crippen LogP contribution is 2.38. The average Bonchev–Trinajstić information content (AvgIpc) is 2.51. The van der Waals surface area contributed by atoms with Gasteiger partial charge in [-0.05, 0) is 19.1 Å². The van der Waals surface area contributed by atoms with E-state index in [2.05, 4.69) is 20.4 Å². The first kappa shape index (κ1) is 17.4. The molecule has 0 atom stereocenters. The van der Waals surface area contributed by atoms with Crippen LogP contribution in [0.25, 0.3) is 0 Å². The highest BCUT2D eigenvalue weighted by molar-refractivity contribution is 7.46. The van der Waals surface area contributed by atoms with Gasteiger partial charge >= 0.3 is 7.82 Å². The number of anilines is 1. The molecule has 0 amide bonds. The summed E-state index contributed by atoms with van der Waals surface area (Å²) in [6.07, 6.45) is 1.42. The van der Waals surface area contributed by atoms with Crippen LogP contribution in [-0.2, 0) is 22.2 Å². The van der Waals surface area contributed by atoms with Crippen molar-refractivity contribution in [2.75, 3.05) is 5.43 Å². The molecule has 0 aliphatic heterocycles. The minimum atomic E-state index is -4.60. The van der Waals surface area contributed by atoms with Crippen molar-refractivity contribution in [2.45, 2.75) is 20.1 Å². The van der Waals surface area contributed by atoms with Crippen LogP contribution < -0.4 is 10.9 Å². The first-order valence-corrected chi connectivity index (χ1v) is 8.30. The number of rotatable bonds is 7. The van der Waals surface area contributed by atoms with Crippen molar-refractivity contribution in [1.29, 1.82) is 0 Å². The lowest BCUT2D eigenvalue weighted by molar-refractivity contribution is 0.188. The number of hydrazine groups is 1. The van der Waals surface area contributed by atoms with Crippen LogP contribution >= 0.6 is 7.82 Å². The van der Waals surface area contributed by atoms with Crippen LogP contribution in [0.1, 0.15) is 16.8 Å².